The van der Waals surface area contributed by atoms with E-state index in [4.69, 9.17) is 4.74 Å². The lowest BCUT2D eigenvalue weighted by Crippen LogP contribution is -2.29. The molecule has 3 heteroatoms. The number of hydrogen-bond donors (Lipinski definition) is 1. The van der Waals surface area contributed by atoms with Crippen molar-refractivity contribution >= 4 is 11.7 Å². The van der Waals surface area contributed by atoms with Crippen molar-refractivity contribution < 1.29 is 9.53 Å². The molecule has 0 radical (unpaired) electrons. The number of allylic oxidation sites excluding steroid dienone is 2. The molecule has 0 amide bonds. The van der Waals surface area contributed by atoms with Crippen molar-refractivity contribution in [2.75, 3.05) is 11.9 Å². The third kappa shape index (κ3) is 3.14. The summed E-state index contributed by atoms with van der Waals surface area (Å²) in [5, 5.41) is 3.71. The Morgan fingerprint density at radius 2 is 2.00 bits per heavy atom. The van der Waals surface area contributed by atoms with E-state index in [2.05, 4.69) is 47.8 Å². The molecule has 1 aliphatic heterocycles. The minimum atomic E-state index is -0.231. The van der Waals surface area contributed by atoms with Gasteiger partial charge in [-0.3, -0.25) is 0 Å². The molecule has 0 saturated carbocycles. The first-order chi connectivity index (χ1) is 12.6. The molecule has 3 unspecified atom stereocenters. The zero-order chi connectivity index (χ0) is 18.1. The van der Waals surface area contributed by atoms with E-state index in [1.165, 1.54) is 11.1 Å². The van der Waals surface area contributed by atoms with Crippen LogP contribution in [0.4, 0.5) is 5.69 Å². The van der Waals surface area contributed by atoms with Crippen molar-refractivity contribution in [3.63, 3.8) is 0 Å². The second kappa shape index (κ2) is 6.99. The number of benzene rings is 2. The lowest BCUT2D eigenvalue weighted by Gasteiger charge is -2.37. The highest BCUT2D eigenvalue weighted by molar-refractivity contribution is 5.90. The monoisotopic (exact) mass is 347 g/mol. The highest BCUT2D eigenvalue weighted by Gasteiger charge is 2.38. The average molecular weight is 347 g/mol. The second-order valence-electron chi connectivity index (χ2n) is 7.68. The van der Waals surface area contributed by atoms with Gasteiger partial charge in [-0.05, 0) is 47.6 Å². The van der Waals surface area contributed by atoms with Crippen LogP contribution < -0.4 is 5.32 Å². The van der Waals surface area contributed by atoms with Gasteiger partial charge < -0.3 is 10.1 Å². The minimum Gasteiger partial charge on any atom is -0.462 e. The summed E-state index contributed by atoms with van der Waals surface area (Å²) in [7, 11) is 0. The van der Waals surface area contributed by atoms with Crippen LogP contribution in [0.2, 0.25) is 0 Å². The van der Waals surface area contributed by atoms with Gasteiger partial charge in [0.1, 0.15) is 0 Å². The number of esters is 1. The maximum absolute atomic E-state index is 12.4. The maximum Gasteiger partial charge on any atom is 0.338 e. The molecule has 0 fully saturated rings. The highest BCUT2D eigenvalue weighted by Crippen LogP contribution is 2.49. The normalized spacial score (nSPS) is 23.3. The van der Waals surface area contributed by atoms with Crippen molar-refractivity contribution in [1.82, 2.24) is 0 Å². The zero-order valence-electron chi connectivity index (χ0n) is 15.3. The Morgan fingerprint density at radius 1 is 1.19 bits per heavy atom. The summed E-state index contributed by atoms with van der Waals surface area (Å²) in [4.78, 5) is 12.4. The minimum absolute atomic E-state index is 0.231. The topological polar surface area (TPSA) is 38.3 Å². The fourth-order valence-corrected chi connectivity index (χ4v) is 4.04. The standard InChI is InChI=1S/C23H25NO2/c1-15(2)14-26-23(25)17-11-12-21-20(13-17)18-9-6-10-19(18)22(24-21)16-7-4-3-5-8-16/h3-9,11-13,15,18-19,22,24H,10,14H2,1-2H3. The lowest BCUT2D eigenvalue weighted by molar-refractivity contribution is 0.0459. The van der Waals surface area contributed by atoms with Gasteiger partial charge in [-0.2, -0.15) is 0 Å². The molecule has 1 aliphatic carbocycles. The number of hydrogen-bond acceptors (Lipinski definition) is 3. The summed E-state index contributed by atoms with van der Waals surface area (Å²) >= 11 is 0. The number of ether oxygens (including phenoxy) is 1. The molecule has 0 saturated heterocycles. The molecule has 0 aromatic heterocycles. The summed E-state index contributed by atoms with van der Waals surface area (Å²) in [6, 6.07) is 16.8. The van der Waals surface area contributed by atoms with Gasteiger partial charge in [-0.15, -0.1) is 0 Å². The van der Waals surface area contributed by atoms with Gasteiger partial charge in [0.15, 0.2) is 0 Å². The van der Waals surface area contributed by atoms with Crippen molar-refractivity contribution in [3.05, 3.63) is 77.4 Å². The molecule has 1 N–H and O–H groups in total. The molecule has 4 rings (SSSR count). The first-order valence-corrected chi connectivity index (χ1v) is 9.42. The van der Waals surface area contributed by atoms with Crippen molar-refractivity contribution in [3.8, 4) is 0 Å². The first-order valence-electron chi connectivity index (χ1n) is 9.42. The third-order valence-electron chi connectivity index (χ3n) is 5.30. The van der Waals surface area contributed by atoms with Gasteiger partial charge >= 0.3 is 5.97 Å². The van der Waals surface area contributed by atoms with Crippen LogP contribution in [0.25, 0.3) is 0 Å². The summed E-state index contributed by atoms with van der Waals surface area (Å²) < 4.78 is 5.40. The van der Waals surface area contributed by atoms with Crippen LogP contribution in [-0.2, 0) is 4.74 Å². The fraction of sp³-hybridized carbons (Fsp3) is 0.348. The number of anilines is 1. The molecule has 26 heavy (non-hydrogen) atoms. The molecule has 0 spiro atoms. The Bertz CT molecular complexity index is 825. The van der Waals surface area contributed by atoms with Crippen LogP contribution in [0.5, 0.6) is 0 Å². The summed E-state index contributed by atoms with van der Waals surface area (Å²) in [6.07, 6.45) is 5.62. The summed E-state index contributed by atoms with van der Waals surface area (Å²) in [6.45, 7) is 4.54. The Morgan fingerprint density at radius 3 is 2.77 bits per heavy atom. The van der Waals surface area contributed by atoms with Crippen LogP contribution in [0.15, 0.2) is 60.7 Å². The maximum atomic E-state index is 12.4. The highest BCUT2D eigenvalue weighted by atomic mass is 16.5. The molecule has 2 aromatic rings. The number of carbonyl (C=O) groups excluding carboxylic acids is 1. The van der Waals surface area contributed by atoms with Gasteiger partial charge in [0.25, 0.3) is 0 Å². The predicted octanol–water partition coefficient (Wildman–Crippen LogP) is 5.33. The predicted molar refractivity (Wildman–Crippen MR) is 104 cm³/mol. The molecular formula is C23H25NO2. The first kappa shape index (κ1) is 16.9. The number of fused-ring (bicyclic) bond motifs is 3. The fourth-order valence-electron chi connectivity index (χ4n) is 4.04. The van der Waals surface area contributed by atoms with Crippen LogP contribution in [-0.4, -0.2) is 12.6 Å². The average Bonchev–Trinajstić information content (AvgIpc) is 3.16. The Kier molecular flexibility index (Phi) is 4.54. The molecule has 1 heterocycles. The summed E-state index contributed by atoms with van der Waals surface area (Å²) in [5.41, 5.74) is 4.28. The van der Waals surface area contributed by atoms with Gasteiger partial charge in [-0.25, -0.2) is 4.79 Å². The smallest absolute Gasteiger partial charge is 0.338 e. The van der Waals surface area contributed by atoms with E-state index < -0.39 is 0 Å². The van der Waals surface area contributed by atoms with E-state index in [0.29, 0.717) is 36.0 Å². The Balaban J connectivity index is 1.64. The second-order valence-corrected chi connectivity index (χ2v) is 7.68. The molecule has 0 bridgehead atoms. The van der Waals surface area contributed by atoms with Crippen LogP contribution >= 0.6 is 0 Å². The van der Waals surface area contributed by atoms with Gasteiger partial charge in [0.2, 0.25) is 0 Å². The lowest BCUT2D eigenvalue weighted by atomic mass is 9.76. The third-order valence-corrected chi connectivity index (χ3v) is 5.30. The number of nitrogens with one attached hydrogen (secondary N) is 1. The van der Waals surface area contributed by atoms with E-state index >= 15 is 0 Å². The SMILES string of the molecule is CC(C)COC(=O)c1ccc2c(c1)C1C=CCC1C(c1ccccc1)N2. The van der Waals surface area contributed by atoms with Crippen molar-refractivity contribution in [2.45, 2.75) is 32.2 Å². The number of rotatable bonds is 4. The largest absolute Gasteiger partial charge is 0.462 e. The molecule has 2 aromatic carbocycles. The molecule has 3 atom stereocenters. The van der Waals surface area contributed by atoms with E-state index in [0.717, 1.165) is 12.1 Å². The quantitative estimate of drug-likeness (QED) is 0.600. The van der Waals surface area contributed by atoms with Gasteiger partial charge in [0.05, 0.1) is 18.2 Å². The van der Waals surface area contributed by atoms with Crippen molar-refractivity contribution in [2.24, 2.45) is 11.8 Å². The molecule has 3 nitrogen and oxygen atoms in total. The Labute approximate surface area is 155 Å². The molecular weight excluding hydrogens is 322 g/mol. The van der Waals surface area contributed by atoms with E-state index in [1.54, 1.807) is 0 Å². The van der Waals surface area contributed by atoms with Crippen LogP contribution in [0, 0.1) is 11.8 Å². The van der Waals surface area contributed by atoms with E-state index in [-0.39, 0.29) is 5.97 Å². The zero-order valence-corrected chi connectivity index (χ0v) is 15.3. The van der Waals surface area contributed by atoms with Crippen LogP contribution in [0.3, 0.4) is 0 Å². The van der Waals surface area contributed by atoms with E-state index in [1.807, 2.05) is 32.0 Å². The number of carbonyl (C=O) groups is 1. The van der Waals surface area contributed by atoms with Gasteiger partial charge in [0, 0.05) is 11.6 Å². The molecule has 2 aliphatic rings. The van der Waals surface area contributed by atoms with Gasteiger partial charge in [-0.1, -0.05) is 56.3 Å². The van der Waals surface area contributed by atoms with Crippen LogP contribution in [0.1, 0.15) is 53.7 Å². The summed E-state index contributed by atoms with van der Waals surface area (Å²) in [5.74, 6) is 0.929. The Hall–Kier alpha value is -2.55. The molecule has 134 valence electrons. The van der Waals surface area contributed by atoms with E-state index in [9.17, 15) is 4.79 Å². The van der Waals surface area contributed by atoms with Crippen molar-refractivity contribution in [1.29, 1.82) is 0 Å².